The van der Waals surface area contributed by atoms with Gasteiger partial charge in [-0.15, -0.1) is 0 Å². The lowest BCUT2D eigenvalue weighted by atomic mass is 9.60. The Labute approximate surface area is 238 Å². The van der Waals surface area contributed by atoms with Crippen LogP contribution in [0.2, 0.25) is 0 Å². The summed E-state index contributed by atoms with van der Waals surface area (Å²) in [6, 6.07) is 7.01. The van der Waals surface area contributed by atoms with Gasteiger partial charge in [-0.25, -0.2) is 4.98 Å². The molecule has 0 radical (unpaired) electrons. The number of rotatable bonds is 9. The monoisotopic (exact) mass is 533 g/mol. The van der Waals surface area contributed by atoms with Gasteiger partial charge in [0.05, 0.1) is 24.9 Å². The van der Waals surface area contributed by atoms with Gasteiger partial charge in [0.2, 0.25) is 5.95 Å². The van der Waals surface area contributed by atoms with Gasteiger partial charge < -0.3 is 24.4 Å². The predicted octanol–water partition coefficient (Wildman–Crippen LogP) is 4.34. The lowest BCUT2D eigenvalue weighted by molar-refractivity contribution is 0.0482. The van der Waals surface area contributed by atoms with E-state index >= 15 is 0 Å². The summed E-state index contributed by atoms with van der Waals surface area (Å²) in [5, 5.41) is 12.5. The lowest BCUT2D eigenvalue weighted by Crippen LogP contribution is -2.54. The van der Waals surface area contributed by atoms with Crippen molar-refractivity contribution in [3.8, 4) is 11.8 Å². The molecule has 39 heavy (non-hydrogen) atoms. The zero-order valence-corrected chi connectivity index (χ0v) is 22.5. The second-order valence-corrected chi connectivity index (χ2v) is 10.3. The number of hydrogen-bond acceptors (Lipinski definition) is 7. The van der Waals surface area contributed by atoms with Crippen LogP contribution < -0.4 is 10.1 Å². The van der Waals surface area contributed by atoms with Crippen molar-refractivity contribution >= 4 is 11.9 Å². The Morgan fingerprint density at radius 3 is 2.79 bits per heavy atom. The highest BCUT2D eigenvalue weighted by Gasteiger charge is 2.49. The normalized spacial score (nSPS) is 19.5. The number of nitrogens with one attached hydrogen (secondary N) is 1. The van der Waals surface area contributed by atoms with Gasteiger partial charge in [0.25, 0.3) is 5.91 Å². The summed E-state index contributed by atoms with van der Waals surface area (Å²) < 4.78 is 55.7. The molecule has 9 nitrogen and oxygen atoms in total. The number of carbonyl (C=O) groups excluding carboxylic acids is 1. The van der Waals surface area contributed by atoms with Crippen LogP contribution in [0.1, 0.15) is 85.7 Å². The molecule has 2 aliphatic rings. The molecule has 1 aromatic carbocycles. The van der Waals surface area contributed by atoms with E-state index in [0.29, 0.717) is 64.2 Å². The molecule has 1 spiro atoms. The van der Waals surface area contributed by atoms with Gasteiger partial charge in [-0.2, -0.15) is 5.26 Å². The zero-order chi connectivity index (χ0) is 32.7. The Hall–Kier alpha value is -3.90. The maximum atomic E-state index is 14.4. The Bertz CT molecular complexity index is 1610. The minimum atomic E-state index is -2.89. The van der Waals surface area contributed by atoms with E-state index in [4.69, 9.17) is 13.0 Å². The molecule has 1 aliphatic carbocycles. The summed E-state index contributed by atoms with van der Waals surface area (Å²) in [6.07, 6.45) is 7.34. The van der Waals surface area contributed by atoms with Gasteiger partial charge in [0.15, 0.2) is 0 Å². The number of benzene rings is 1. The maximum Gasteiger partial charge on any atom is 0.254 e. The Morgan fingerprint density at radius 1 is 1.31 bits per heavy atom. The van der Waals surface area contributed by atoms with Crippen molar-refractivity contribution in [3.05, 3.63) is 70.3 Å². The SMILES string of the molecule is [2H]C([2H])([2H])N(Cc1cc(Cn2ccnc2NC)cc2c1C1(CCC1)CN(C(C)c1cc(OCC)c(C#N)cn1)C2=O)C([2H])([2H])[2H]. The minimum Gasteiger partial charge on any atom is -0.492 e. The molecule has 1 atom stereocenters. The van der Waals surface area contributed by atoms with Gasteiger partial charge in [-0.3, -0.25) is 9.78 Å². The molecule has 1 N–H and O–H groups in total. The van der Waals surface area contributed by atoms with E-state index in [2.05, 4.69) is 21.4 Å². The minimum absolute atomic E-state index is 0.254. The number of nitrogens with zero attached hydrogens (tertiary/aromatic N) is 6. The van der Waals surface area contributed by atoms with Gasteiger partial charge >= 0.3 is 0 Å². The van der Waals surface area contributed by atoms with E-state index in [1.807, 2.05) is 30.5 Å². The molecule has 3 heterocycles. The third-order valence-electron chi connectivity index (χ3n) is 7.91. The van der Waals surface area contributed by atoms with E-state index in [9.17, 15) is 10.1 Å². The first-order valence-electron chi connectivity index (χ1n) is 16.2. The highest BCUT2D eigenvalue weighted by Crippen LogP contribution is 2.51. The van der Waals surface area contributed by atoms with E-state index < -0.39 is 25.4 Å². The van der Waals surface area contributed by atoms with Crippen LogP contribution in [0.3, 0.4) is 0 Å². The summed E-state index contributed by atoms with van der Waals surface area (Å²) in [5.41, 5.74) is 2.81. The zero-order valence-electron chi connectivity index (χ0n) is 28.5. The Balaban J connectivity index is 1.64. The molecule has 2 aromatic heterocycles. The topological polar surface area (TPSA) is 99.3 Å². The highest BCUT2D eigenvalue weighted by molar-refractivity contribution is 5.98. The third-order valence-corrected chi connectivity index (χ3v) is 7.91. The molecule has 1 amide bonds. The molecule has 3 aromatic rings. The molecular formula is C30H37N7O2. The molecule has 204 valence electrons. The number of imidazole rings is 1. The van der Waals surface area contributed by atoms with Crippen LogP contribution in [-0.4, -0.2) is 64.4 Å². The highest BCUT2D eigenvalue weighted by atomic mass is 16.5. The molecule has 0 saturated heterocycles. The first-order valence-corrected chi connectivity index (χ1v) is 13.2. The number of amides is 1. The van der Waals surface area contributed by atoms with Crippen LogP contribution in [-0.2, 0) is 18.5 Å². The third kappa shape index (κ3) is 4.85. The number of aromatic nitrogens is 3. The smallest absolute Gasteiger partial charge is 0.254 e. The van der Waals surface area contributed by atoms with Gasteiger partial charge in [0.1, 0.15) is 17.4 Å². The number of anilines is 1. The molecule has 1 unspecified atom stereocenters. The van der Waals surface area contributed by atoms with Crippen LogP contribution >= 0.6 is 0 Å². The van der Waals surface area contributed by atoms with E-state index in [0.717, 1.165) is 24.8 Å². The molecule has 1 aliphatic heterocycles. The van der Waals surface area contributed by atoms with Gasteiger partial charge in [-0.05, 0) is 63.4 Å². The number of pyridine rings is 1. The average Bonchev–Trinajstić information content (AvgIpc) is 3.41. The second-order valence-electron chi connectivity index (χ2n) is 10.3. The summed E-state index contributed by atoms with van der Waals surface area (Å²) in [6.45, 7) is -1.37. The van der Waals surface area contributed by atoms with Crippen LogP contribution in [0, 0.1) is 11.3 Å². The fourth-order valence-electron chi connectivity index (χ4n) is 5.97. The van der Waals surface area contributed by atoms with Crippen molar-refractivity contribution in [2.75, 3.05) is 39.5 Å². The molecule has 5 rings (SSSR count). The standard InChI is InChI=1S/C30H37N7O2/c1-6-39-26-14-25(34-16-23(26)15-31)20(2)37-19-30(8-7-9-30)27-22(18-35(4)5)12-21(13-24(27)28(37)38)17-36-11-10-33-29(36)32-3/h10-14,16,20H,6-9,17-19H2,1-5H3,(H,32,33)/i4D3,5D3. The molecule has 1 saturated carbocycles. The number of nitriles is 1. The largest absolute Gasteiger partial charge is 0.492 e. The first-order chi connectivity index (χ1) is 21.2. The van der Waals surface area contributed by atoms with Crippen molar-refractivity contribution in [1.82, 2.24) is 24.3 Å². The summed E-state index contributed by atoms with van der Waals surface area (Å²) in [4.78, 5) is 25.6. The Morgan fingerprint density at radius 2 is 2.13 bits per heavy atom. The van der Waals surface area contributed by atoms with Crippen molar-refractivity contribution < 1.29 is 17.8 Å². The average molecular weight is 534 g/mol. The van der Waals surface area contributed by atoms with Crippen molar-refractivity contribution in [2.24, 2.45) is 0 Å². The maximum absolute atomic E-state index is 14.4. The quantitative estimate of drug-likeness (QED) is 0.437. The predicted molar refractivity (Wildman–Crippen MR) is 150 cm³/mol. The molecular weight excluding hydrogens is 490 g/mol. The number of fused-ring (bicyclic) bond motifs is 2. The van der Waals surface area contributed by atoms with Crippen molar-refractivity contribution in [3.63, 3.8) is 0 Å². The van der Waals surface area contributed by atoms with E-state index in [1.54, 1.807) is 30.4 Å². The molecule has 1 fully saturated rings. The first kappa shape index (κ1) is 20.1. The van der Waals surface area contributed by atoms with Crippen molar-refractivity contribution in [2.45, 2.75) is 57.7 Å². The lowest BCUT2D eigenvalue weighted by Gasteiger charge is -2.52. The van der Waals surface area contributed by atoms with Crippen LogP contribution in [0.15, 0.2) is 36.8 Å². The summed E-state index contributed by atoms with van der Waals surface area (Å²) in [7, 11) is 1.75. The van der Waals surface area contributed by atoms with Crippen LogP contribution in [0.4, 0.5) is 5.95 Å². The van der Waals surface area contributed by atoms with Crippen LogP contribution in [0.5, 0.6) is 5.75 Å². The summed E-state index contributed by atoms with van der Waals surface area (Å²) in [5.74, 6) is 0.755. The van der Waals surface area contributed by atoms with Crippen molar-refractivity contribution in [1.29, 1.82) is 5.26 Å². The van der Waals surface area contributed by atoms with E-state index in [-0.39, 0.29) is 12.5 Å². The summed E-state index contributed by atoms with van der Waals surface area (Å²) >= 11 is 0. The molecule has 9 heteroatoms. The number of hydrogen-bond donors (Lipinski definition) is 1. The van der Waals surface area contributed by atoms with E-state index in [1.165, 1.54) is 6.20 Å². The number of ether oxygens (including phenoxy) is 1. The fraction of sp³-hybridized carbons (Fsp3) is 0.467. The number of carbonyl (C=O) groups is 1. The molecule has 0 bridgehead atoms. The second kappa shape index (κ2) is 10.7. The van der Waals surface area contributed by atoms with Gasteiger partial charge in [0, 0.05) is 64.0 Å². The fourth-order valence-corrected chi connectivity index (χ4v) is 5.97. The van der Waals surface area contributed by atoms with Gasteiger partial charge in [-0.1, -0.05) is 12.5 Å². The van der Waals surface area contributed by atoms with Crippen LogP contribution in [0.25, 0.3) is 0 Å². The Kier molecular flexibility index (Phi) is 5.50.